The number of H-pyrrole nitrogens is 1. The second-order valence-corrected chi connectivity index (χ2v) is 7.25. The van der Waals surface area contributed by atoms with Gasteiger partial charge < -0.3 is 5.32 Å². The van der Waals surface area contributed by atoms with Crippen molar-refractivity contribution in [1.29, 1.82) is 0 Å². The second-order valence-electron chi connectivity index (χ2n) is 6.39. The maximum Gasteiger partial charge on any atom is 0.278 e. The first-order valence-electron chi connectivity index (χ1n) is 8.54. The average Bonchev–Trinajstić information content (AvgIpc) is 3.22. The molecule has 1 fully saturated rings. The maximum absolute atomic E-state index is 12.5. The first-order chi connectivity index (χ1) is 11.8. The molecule has 7 nitrogen and oxygen atoms in total. The second kappa shape index (κ2) is 8.27. The molecule has 2 aromatic rings. The fourth-order valence-corrected chi connectivity index (χ4v) is 4.05. The number of piperidine rings is 1. The van der Waals surface area contributed by atoms with Crippen molar-refractivity contribution >= 4 is 34.8 Å². The quantitative estimate of drug-likeness (QED) is 0.754. The van der Waals surface area contributed by atoms with Crippen molar-refractivity contribution in [2.45, 2.75) is 38.8 Å². The van der Waals surface area contributed by atoms with Crippen molar-refractivity contribution in [1.82, 2.24) is 25.4 Å². The molecule has 1 amide bonds. The van der Waals surface area contributed by atoms with Gasteiger partial charge in [0.1, 0.15) is 0 Å². The summed E-state index contributed by atoms with van der Waals surface area (Å²) in [6.45, 7) is 4.76. The number of hydrogen-bond acceptors (Lipinski definition) is 6. The molecule has 9 heteroatoms. The van der Waals surface area contributed by atoms with Crippen molar-refractivity contribution in [3.05, 3.63) is 28.0 Å². The molecule has 136 valence electrons. The van der Waals surface area contributed by atoms with Crippen molar-refractivity contribution in [2.24, 2.45) is 0 Å². The van der Waals surface area contributed by atoms with Crippen LogP contribution in [-0.4, -0.2) is 45.6 Å². The predicted molar refractivity (Wildman–Crippen MR) is 100 cm³/mol. The van der Waals surface area contributed by atoms with Gasteiger partial charge in [-0.25, -0.2) is 4.98 Å². The number of nitrogens with one attached hydrogen (secondary N) is 3. The molecule has 2 aliphatic rings. The average molecular weight is 383 g/mol. The van der Waals surface area contributed by atoms with Crippen LogP contribution >= 0.6 is 23.7 Å². The highest BCUT2D eigenvalue weighted by molar-refractivity contribution is 7.13. The SMILES string of the molecule is Cl.O=C(Nc1nc(CN2CCCCC2)cs1)c1n[nH]c2c1CNCC2. The highest BCUT2D eigenvalue weighted by Crippen LogP contribution is 2.21. The minimum atomic E-state index is -0.185. The number of halogens is 1. The zero-order valence-electron chi connectivity index (χ0n) is 14.0. The molecular formula is C16H23ClN6OS. The fraction of sp³-hybridized carbons (Fsp3) is 0.562. The molecule has 0 atom stereocenters. The third kappa shape index (κ3) is 4.20. The number of fused-ring (bicyclic) bond motifs is 1. The topological polar surface area (TPSA) is 85.9 Å². The minimum Gasteiger partial charge on any atom is -0.312 e. The molecule has 0 unspecified atom stereocenters. The summed E-state index contributed by atoms with van der Waals surface area (Å²) >= 11 is 1.48. The summed E-state index contributed by atoms with van der Waals surface area (Å²) in [6, 6.07) is 0. The first-order valence-corrected chi connectivity index (χ1v) is 9.42. The monoisotopic (exact) mass is 382 g/mol. The Hall–Kier alpha value is -1.48. The van der Waals surface area contributed by atoms with Gasteiger partial charge in [0.05, 0.1) is 5.69 Å². The molecule has 1 saturated heterocycles. The summed E-state index contributed by atoms with van der Waals surface area (Å²) < 4.78 is 0. The van der Waals surface area contributed by atoms with Gasteiger partial charge in [0.15, 0.2) is 10.8 Å². The lowest BCUT2D eigenvalue weighted by atomic mass is 10.1. The summed E-state index contributed by atoms with van der Waals surface area (Å²) in [5.41, 5.74) is 3.54. The Morgan fingerprint density at radius 1 is 1.32 bits per heavy atom. The Kier molecular flexibility index (Phi) is 6.06. The number of amides is 1. The Balaban J connectivity index is 0.00000182. The summed E-state index contributed by atoms with van der Waals surface area (Å²) in [5.74, 6) is -0.185. The van der Waals surface area contributed by atoms with E-state index in [4.69, 9.17) is 0 Å². The number of rotatable bonds is 4. The lowest BCUT2D eigenvalue weighted by Crippen LogP contribution is -2.29. The van der Waals surface area contributed by atoms with Crippen LogP contribution in [0.1, 0.15) is 46.7 Å². The van der Waals surface area contributed by atoms with E-state index in [1.54, 1.807) is 0 Å². The van der Waals surface area contributed by atoms with E-state index < -0.39 is 0 Å². The van der Waals surface area contributed by atoms with Gasteiger partial charge in [-0.05, 0) is 25.9 Å². The Morgan fingerprint density at radius 3 is 3.00 bits per heavy atom. The van der Waals surface area contributed by atoms with Gasteiger partial charge in [-0.1, -0.05) is 6.42 Å². The van der Waals surface area contributed by atoms with Crippen molar-refractivity contribution in [3.8, 4) is 0 Å². The molecule has 4 heterocycles. The normalized spacial score (nSPS) is 17.6. The first kappa shape index (κ1) is 18.3. The number of aromatic amines is 1. The summed E-state index contributed by atoms with van der Waals surface area (Å²) in [4.78, 5) is 19.5. The molecule has 0 saturated carbocycles. The van der Waals surface area contributed by atoms with E-state index in [0.717, 1.165) is 49.6 Å². The lowest BCUT2D eigenvalue weighted by molar-refractivity contribution is 0.102. The van der Waals surface area contributed by atoms with E-state index >= 15 is 0 Å². The van der Waals surface area contributed by atoms with Crippen LogP contribution in [0.5, 0.6) is 0 Å². The molecule has 0 bridgehead atoms. The molecule has 0 aromatic carbocycles. The molecule has 2 aromatic heterocycles. The number of aromatic nitrogens is 3. The summed E-state index contributed by atoms with van der Waals surface area (Å²) in [6.07, 6.45) is 4.75. The number of nitrogens with zero attached hydrogens (tertiary/aromatic N) is 3. The zero-order chi connectivity index (χ0) is 16.4. The number of likely N-dealkylation sites (tertiary alicyclic amines) is 1. The number of thiazole rings is 1. The van der Waals surface area contributed by atoms with E-state index in [1.807, 2.05) is 5.38 Å². The zero-order valence-corrected chi connectivity index (χ0v) is 15.6. The Labute approximate surface area is 157 Å². The van der Waals surface area contributed by atoms with Crippen molar-refractivity contribution in [3.63, 3.8) is 0 Å². The van der Waals surface area contributed by atoms with Gasteiger partial charge >= 0.3 is 0 Å². The molecule has 0 spiro atoms. The molecule has 0 aliphatic carbocycles. The van der Waals surface area contributed by atoms with Crippen LogP contribution in [0.15, 0.2) is 5.38 Å². The standard InChI is InChI=1S/C16H22N6OS.ClH/c23-15(14-12-8-17-5-4-13(12)20-21-14)19-16-18-11(10-24-16)9-22-6-2-1-3-7-22;/h10,17H,1-9H2,(H,20,21)(H,18,19,23);1H. The molecule has 25 heavy (non-hydrogen) atoms. The van der Waals surface area contributed by atoms with Gasteiger partial charge in [-0.3, -0.25) is 20.1 Å². The number of carbonyl (C=O) groups excluding carboxylic acids is 1. The number of hydrogen-bond donors (Lipinski definition) is 3. The van der Waals surface area contributed by atoms with Gasteiger partial charge in [0.25, 0.3) is 5.91 Å². The highest BCUT2D eigenvalue weighted by Gasteiger charge is 2.22. The van der Waals surface area contributed by atoms with Gasteiger partial charge in [0, 0.05) is 42.7 Å². The van der Waals surface area contributed by atoms with E-state index in [1.165, 1.54) is 30.6 Å². The third-order valence-electron chi connectivity index (χ3n) is 4.63. The van der Waals surface area contributed by atoms with Crippen LogP contribution in [0.2, 0.25) is 0 Å². The summed E-state index contributed by atoms with van der Waals surface area (Å²) in [5, 5.41) is 16.0. The Morgan fingerprint density at radius 2 is 2.16 bits per heavy atom. The largest absolute Gasteiger partial charge is 0.312 e. The molecular weight excluding hydrogens is 360 g/mol. The van der Waals surface area contributed by atoms with Crippen molar-refractivity contribution in [2.75, 3.05) is 25.0 Å². The highest BCUT2D eigenvalue weighted by atomic mass is 35.5. The molecule has 0 radical (unpaired) electrons. The number of carbonyl (C=O) groups is 1. The lowest BCUT2D eigenvalue weighted by Gasteiger charge is -2.25. The van der Waals surface area contributed by atoms with E-state index in [0.29, 0.717) is 17.4 Å². The van der Waals surface area contributed by atoms with Crippen LogP contribution in [-0.2, 0) is 19.5 Å². The van der Waals surface area contributed by atoms with Crippen molar-refractivity contribution < 1.29 is 4.79 Å². The maximum atomic E-state index is 12.5. The van der Waals surface area contributed by atoms with E-state index in [2.05, 4.69) is 30.7 Å². The van der Waals surface area contributed by atoms with E-state index in [-0.39, 0.29) is 18.3 Å². The fourth-order valence-electron chi connectivity index (χ4n) is 3.35. The molecule has 2 aliphatic heterocycles. The van der Waals surface area contributed by atoms with Gasteiger partial charge in [-0.15, -0.1) is 23.7 Å². The van der Waals surface area contributed by atoms with Crippen LogP contribution in [0, 0.1) is 0 Å². The van der Waals surface area contributed by atoms with Crippen LogP contribution in [0.4, 0.5) is 5.13 Å². The van der Waals surface area contributed by atoms with Gasteiger partial charge in [-0.2, -0.15) is 5.10 Å². The predicted octanol–water partition coefficient (Wildman–Crippen LogP) is 2.17. The molecule has 4 rings (SSSR count). The summed E-state index contributed by atoms with van der Waals surface area (Å²) in [7, 11) is 0. The number of anilines is 1. The smallest absolute Gasteiger partial charge is 0.278 e. The minimum absolute atomic E-state index is 0. The molecule has 3 N–H and O–H groups in total. The Bertz CT molecular complexity index is 724. The van der Waals surface area contributed by atoms with Gasteiger partial charge in [0.2, 0.25) is 0 Å². The van der Waals surface area contributed by atoms with E-state index in [9.17, 15) is 4.79 Å². The van der Waals surface area contributed by atoms with Crippen LogP contribution in [0.25, 0.3) is 0 Å². The third-order valence-corrected chi connectivity index (χ3v) is 5.43. The van der Waals surface area contributed by atoms with Crippen LogP contribution in [0.3, 0.4) is 0 Å². The van der Waals surface area contributed by atoms with Crippen LogP contribution < -0.4 is 10.6 Å².